The molecule has 74 valence electrons. The molecule has 1 aromatic rings. The van der Waals surface area contributed by atoms with Crippen molar-refractivity contribution >= 4 is 11.3 Å². The van der Waals surface area contributed by atoms with Gasteiger partial charge in [-0.3, -0.25) is 0 Å². The normalized spacial score (nSPS) is 15.6. The first kappa shape index (κ1) is 10.6. The molecule has 2 unspecified atom stereocenters. The van der Waals surface area contributed by atoms with Gasteiger partial charge in [-0.1, -0.05) is 0 Å². The molecule has 0 aromatic carbocycles. The predicted octanol–water partition coefficient (Wildman–Crippen LogP) is 1.47. The van der Waals surface area contributed by atoms with E-state index in [9.17, 15) is 5.11 Å². The summed E-state index contributed by atoms with van der Waals surface area (Å²) in [6.45, 7) is 1.95. The number of nitrogens with zero attached hydrogens (tertiary/aromatic N) is 1. The molecule has 0 saturated heterocycles. The van der Waals surface area contributed by atoms with E-state index in [2.05, 4.69) is 4.98 Å². The van der Waals surface area contributed by atoms with Crippen LogP contribution >= 0.6 is 11.3 Å². The standard InChI is InChI=1S/C9H15NO2S/c1-7(12-2)5-8(11)6-9-10-3-4-13-9/h3-4,7-8,11H,5-6H2,1-2H3. The minimum absolute atomic E-state index is 0.106. The highest BCUT2D eigenvalue weighted by molar-refractivity contribution is 7.09. The van der Waals surface area contributed by atoms with Crippen molar-refractivity contribution in [1.82, 2.24) is 4.98 Å². The van der Waals surface area contributed by atoms with E-state index in [-0.39, 0.29) is 12.2 Å². The van der Waals surface area contributed by atoms with Gasteiger partial charge in [0, 0.05) is 25.1 Å². The largest absolute Gasteiger partial charge is 0.393 e. The van der Waals surface area contributed by atoms with Gasteiger partial charge in [-0.2, -0.15) is 0 Å². The first-order chi connectivity index (χ1) is 6.22. The minimum Gasteiger partial charge on any atom is -0.393 e. The van der Waals surface area contributed by atoms with Crippen LogP contribution in [0.1, 0.15) is 18.4 Å². The van der Waals surface area contributed by atoms with Crippen molar-refractivity contribution in [3.8, 4) is 0 Å². The second kappa shape index (κ2) is 5.32. The van der Waals surface area contributed by atoms with Gasteiger partial charge in [-0.25, -0.2) is 4.98 Å². The van der Waals surface area contributed by atoms with Gasteiger partial charge in [0.2, 0.25) is 0 Å². The third-order valence-corrected chi connectivity index (χ3v) is 2.70. The van der Waals surface area contributed by atoms with Gasteiger partial charge in [-0.15, -0.1) is 11.3 Å². The number of rotatable bonds is 5. The highest BCUT2D eigenvalue weighted by Crippen LogP contribution is 2.11. The van der Waals surface area contributed by atoms with E-state index in [1.54, 1.807) is 24.6 Å². The van der Waals surface area contributed by atoms with E-state index < -0.39 is 0 Å². The topological polar surface area (TPSA) is 42.4 Å². The molecule has 1 N–H and O–H groups in total. The molecule has 0 aliphatic rings. The lowest BCUT2D eigenvalue weighted by Gasteiger charge is -2.13. The molecular weight excluding hydrogens is 186 g/mol. The van der Waals surface area contributed by atoms with Gasteiger partial charge in [0.25, 0.3) is 0 Å². The van der Waals surface area contributed by atoms with E-state index in [0.717, 1.165) is 5.01 Å². The van der Waals surface area contributed by atoms with Crippen LogP contribution in [0.2, 0.25) is 0 Å². The van der Waals surface area contributed by atoms with Crippen LogP contribution in [-0.4, -0.2) is 29.4 Å². The lowest BCUT2D eigenvalue weighted by atomic mass is 10.1. The molecular formula is C9H15NO2S. The van der Waals surface area contributed by atoms with Crippen molar-refractivity contribution in [1.29, 1.82) is 0 Å². The van der Waals surface area contributed by atoms with Crippen LogP contribution in [0, 0.1) is 0 Å². The summed E-state index contributed by atoms with van der Waals surface area (Å²) >= 11 is 1.57. The summed E-state index contributed by atoms with van der Waals surface area (Å²) in [5.74, 6) is 0. The molecule has 3 nitrogen and oxygen atoms in total. The molecule has 0 bridgehead atoms. The summed E-state index contributed by atoms with van der Waals surface area (Å²) in [6, 6.07) is 0. The molecule has 0 amide bonds. The molecule has 0 aliphatic heterocycles. The zero-order valence-electron chi connectivity index (χ0n) is 7.93. The van der Waals surface area contributed by atoms with Crippen LogP contribution < -0.4 is 0 Å². The summed E-state index contributed by atoms with van der Waals surface area (Å²) in [5, 5.41) is 12.5. The fraction of sp³-hybridized carbons (Fsp3) is 0.667. The Balaban J connectivity index is 2.29. The van der Waals surface area contributed by atoms with E-state index in [0.29, 0.717) is 12.8 Å². The number of aromatic nitrogens is 1. The average Bonchev–Trinajstić information content (AvgIpc) is 2.56. The Kier molecular flexibility index (Phi) is 4.35. The van der Waals surface area contributed by atoms with Gasteiger partial charge in [0.1, 0.15) is 0 Å². The second-order valence-corrected chi connectivity index (χ2v) is 4.04. The Hall–Kier alpha value is -0.450. The first-order valence-corrected chi connectivity index (χ1v) is 5.19. The van der Waals surface area contributed by atoms with Crippen LogP contribution in [0.4, 0.5) is 0 Å². The first-order valence-electron chi connectivity index (χ1n) is 4.31. The van der Waals surface area contributed by atoms with Crippen LogP contribution in [0.15, 0.2) is 11.6 Å². The highest BCUT2D eigenvalue weighted by atomic mass is 32.1. The molecule has 0 saturated carbocycles. The minimum atomic E-state index is -0.346. The zero-order chi connectivity index (χ0) is 9.68. The number of aliphatic hydroxyl groups is 1. The Labute approximate surface area is 82.4 Å². The third-order valence-electron chi connectivity index (χ3n) is 1.90. The molecule has 0 radical (unpaired) electrons. The van der Waals surface area contributed by atoms with Crippen molar-refractivity contribution in [2.24, 2.45) is 0 Å². The van der Waals surface area contributed by atoms with Gasteiger partial charge < -0.3 is 9.84 Å². The monoisotopic (exact) mass is 201 g/mol. The number of hydrogen-bond donors (Lipinski definition) is 1. The van der Waals surface area contributed by atoms with E-state index in [4.69, 9.17) is 4.74 Å². The Morgan fingerprint density at radius 1 is 1.69 bits per heavy atom. The Morgan fingerprint density at radius 3 is 3.00 bits per heavy atom. The van der Waals surface area contributed by atoms with Crippen LogP contribution in [0.5, 0.6) is 0 Å². The lowest BCUT2D eigenvalue weighted by molar-refractivity contribution is 0.0565. The quantitative estimate of drug-likeness (QED) is 0.784. The van der Waals surface area contributed by atoms with Crippen LogP contribution in [-0.2, 0) is 11.2 Å². The molecule has 13 heavy (non-hydrogen) atoms. The molecule has 2 atom stereocenters. The number of aliphatic hydroxyl groups excluding tert-OH is 1. The van der Waals surface area contributed by atoms with Crippen LogP contribution in [0.3, 0.4) is 0 Å². The van der Waals surface area contributed by atoms with E-state index in [1.165, 1.54) is 0 Å². The number of ether oxygens (including phenoxy) is 1. The molecule has 1 aromatic heterocycles. The Bertz CT molecular complexity index is 226. The van der Waals surface area contributed by atoms with Crippen molar-refractivity contribution in [3.63, 3.8) is 0 Å². The van der Waals surface area contributed by atoms with E-state index >= 15 is 0 Å². The molecule has 4 heteroatoms. The maximum absolute atomic E-state index is 9.61. The Morgan fingerprint density at radius 2 is 2.46 bits per heavy atom. The summed E-state index contributed by atoms with van der Waals surface area (Å²) in [7, 11) is 1.65. The third kappa shape index (κ3) is 3.85. The summed E-state index contributed by atoms with van der Waals surface area (Å²) in [4.78, 5) is 4.11. The second-order valence-electron chi connectivity index (χ2n) is 3.07. The smallest absolute Gasteiger partial charge is 0.0950 e. The number of methoxy groups -OCH3 is 1. The average molecular weight is 201 g/mol. The van der Waals surface area contributed by atoms with Crippen LogP contribution in [0.25, 0.3) is 0 Å². The molecule has 1 rings (SSSR count). The van der Waals surface area contributed by atoms with Gasteiger partial charge >= 0.3 is 0 Å². The molecule has 0 aliphatic carbocycles. The highest BCUT2D eigenvalue weighted by Gasteiger charge is 2.11. The summed E-state index contributed by atoms with van der Waals surface area (Å²) in [5.41, 5.74) is 0. The van der Waals surface area contributed by atoms with Crippen molar-refractivity contribution in [2.45, 2.75) is 32.0 Å². The van der Waals surface area contributed by atoms with Gasteiger partial charge in [0.15, 0.2) is 0 Å². The van der Waals surface area contributed by atoms with Crippen molar-refractivity contribution in [2.75, 3.05) is 7.11 Å². The predicted molar refractivity (Wildman–Crippen MR) is 52.9 cm³/mol. The van der Waals surface area contributed by atoms with Gasteiger partial charge in [-0.05, 0) is 13.3 Å². The van der Waals surface area contributed by atoms with Gasteiger partial charge in [0.05, 0.1) is 17.2 Å². The maximum Gasteiger partial charge on any atom is 0.0950 e. The SMILES string of the molecule is COC(C)CC(O)Cc1nccs1. The molecule has 0 spiro atoms. The van der Waals surface area contributed by atoms with Crippen molar-refractivity contribution in [3.05, 3.63) is 16.6 Å². The maximum atomic E-state index is 9.61. The summed E-state index contributed by atoms with van der Waals surface area (Å²) < 4.78 is 5.06. The molecule has 0 fully saturated rings. The fourth-order valence-corrected chi connectivity index (χ4v) is 1.81. The van der Waals surface area contributed by atoms with E-state index in [1.807, 2.05) is 12.3 Å². The fourth-order valence-electron chi connectivity index (χ4n) is 1.12. The zero-order valence-corrected chi connectivity index (χ0v) is 8.75. The lowest BCUT2D eigenvalue weighted by Crippen LogP contribution is -2.18. The molecule has 1 heterocycles. The summed E-state index contributed by atoms with van der Waals surface area (Å²) in [6.07, 6.45) is 2.81. The van der Waals surface area contributed by atoms with Crippen molar-refractivity contribution < 1.29 is 9.84 Å². The number of hydrogen-bond acceptors (Lipinski definition) is 4. The number of thiazole rings is 1.